The van der Waals surface area contributed by atoms with Crippen LogP contribution in [0.5, 0.6) is 0 Å². The number of H-pyrrole nitrogens is 1. The Morgan fingerprint density at radius 2 is 2.28 bits per heavy atom. The molecule has 0 saturated carbocycles. The van der Waals surface area contributed by atoms with E-state index < -0.39 is 0 Å². The molecule has 0 fully saturated rings. The van der Waals surface area contributed by atoms with Crippen LogP contribution in [0.3, 0.4) is 0 Å². The van der Waals surface area contributed by atoms with Crippen LogP contribution in [-0.2, 0) is 12.2 Å². The summed E-state index contributed by atoms with van der Waals surface area (Å²) in [7, 11) is 0. The fraction of sp³-hybridized carbons (Fsp3) is 0.545. The van der Waals surface area contributed by atoms with Gasteiger partial charge in [0, 0.05) is 5.75 Å². The van der Waals surface area contributed by atoms with E-state index in [1.165, 1.54) is 0 Å². The molecule has 0 atom stereocenters. The van der Waals surface area contributed by atoms with Crippen molar-refractivity contribution in [2.75, 3.05) is 5.75 Å². The lowest BCUT2D eigenvalue weighted by molar-refractivity contribution is 0.552. The molecule has 0 aliphatic carbocycles. The van der Waals surface area contributed by atoms with Crippen molar-refractivity contribution in [3.63, 3.8) is 0 Å². The normalized spacial score (nSPS) is 11.0. The highest BCUT2D eigenvalue weighted by Crippen LogP contribution is 2.31. The van der Waals surface area contributed by atoms with Gasteiger partial charge in [0.05, 0.1) is 5.69 Å². The fourth-order valence-electron chi connectivity index (χ4n) is 1.55. The quantitative estimate of drug-likeness (QED) is 0.815. The fourth-order valence-corrected chi connectivity index (χ4v) is 3.44. The van der Waals surface area contributed by atoms with Crippen LogP contribution in [0, 0.1) is 4.84 Å². The van der Waals surface area contributed by atoms with Crippen molar-refractivity contribution in [2.24, 2.45) is 0 Å². The molecule has 0 amide bonds. The number of nitrogens with zero attached hydrogens (tertiary/aromatic N) is 2. The molecule has 4 nitrogen and oxygen atoms in total. The number of hydrogen-bond acceptors (Lipinski definition) is 6. The average molecular weight is 301 g/mol. The summed E-state index contributed by atoms with van der Waals surface area (Å²) in [5.74, 6) is 2.61. The van der Waals surface area contributed by atoms with E-state index in [9.17, 15) is 0 Å². The molecule has 2 heterocycles. The first-order chi connectivity index (χ1) is 8.74. The number of aryl methyl sites for hydroxylation is 1. The molecule has 2 rings (SSSR count). The van der Waals surface area contributed by atoms with Gasteiger partial charge in [0.1, 0.15) is 9.88 Å². The first kappa shape index (κ1) is 13.8. The van der Waals surface area contributed by atoms with Gasteiger partial charge in [0.15, 0.2) is 0 Å². The van der Waals surface area contributed by atoms with Gasteiger partial charge >= 0.3 is 0 Å². The van der Waals surface area contributed by atoms with Gasteiger partial charge in [-0.2, -0.15) is 11.8 Å². The molecule has 0 aliphatic heterocycles. The maximum Gasteiger partial charge on any atom is 0.284 e. The summed E-state index contributed by atoms with van der Waals surface area (Å²) in [6, 6.07) is 0. The van der Waals surface area contributed by atoms with Crippen molar-refractivity contribution in [1.29, 1.82) is 0 Å². The number of hydrogen-bond donors (Lipinski definition) is 1. The number of thiazole rings is 1. The summed E-state index contributed by atoms with van der Waals surface area (Å²) in [6.07, 6.45) is 2.00. The van der Waals surface area contributed by atoms with Crippen molar-refractivity contribution in [3.8, 4) is 10.8 Å². The Morgan fingerprint density at radius 1 is 1.44 bits per heavy atom. The second-order valence-electron chi connectivity index (χ2n) is 3.69. The molecule has 0 bridgehead atoms. The van der Waals surface area contributed by atoms with E-state index in [1.807, 2.05) is 11.8 Å². The van der Waals surface area contributed by atoms with Gasteiger partial charge in [-0.3, -0.25) is 0 Å². The van der Waals surface area contributed by atoms with Crippen molar-refractivity contribution in [3.05, 3.63) is 15.5 Å². The average Bonchev–Trinajstić information content (AvgIpc) is 2.93. The third kappa shape index (κ3) is 3.21. The third-order valence-electron chi connectivity index (χ3n) is 2.29. The minimum atomic E-state index is 0.310. The van der Waals surface area contributed by atoms with E-state index in [2.05, 4.69) is 29.0 Å². The lowest BCUT2D eigenvalue weighted by atomic mass is 10.2. The molecule has 0 aromatic carbocycles. The van der Waals surface area contributed by atoms with E-state index in [0.717, 1.165) is 39.9 Å². The Labute approximate surface area is 119 Å². The molecule has 0 saturated heterocycles. The maximum atomic E-state index is 5.39. The van der Waals surface area contributed by atoms with Crippen molar-refractivity contribution >= 4 is 35.3 Å². The van der Waals surface area contributed by atoms with Crippen molar-refractivity contribution in [1.82, 2.24) is 15.2 Å². The summed E-state index contributed by atoms with van der Waals surface area (Å²) < 4.78 is 5.39. The van der Waals surface area contributed by atoms with Crippen LogP contribution in [0.15, 0.2) is 4.42 Å². The van der Waals surface area contributed by atoms with Gasteiger partial charge in [0.25, 0.3) is 10.7 Å². The number of aromatic amines is 1. The molecular formula is C11H15N3OS3. The summed E-state index contributed by atoms with van der Waals surface area (Å²) in [6.45, 7) is 4.29. The largest absolute Gasteiger partial charge is 0.408 e. The summed E-state index contributed by atoms with van der Waals surface area (Å²) in [5.41, 5.74) is 1.07. The lowest BCUT2D eigenvalue weighted by Crippen LogP contribution is -1.88. The lowest BCUT2D eigenvalue weighted by Gasteiger charge is -1.94. The second kappa shape index (κ2) is 6.49. The molecular weight excluding hydrogens is 286 g/mol. The van der Waals surface area contributed by atoms with Crippen LogP contribution in [0.4, 0.5) is 0 Å². The SMILES string of the molecule is CCCc1nc(CSCC)sc1-c1n[nH]c(=S)o1. The predicted octanol–water partition coefficient (Wildman–Crippen LogP) is 4.06. The van der Waals surface area contributed by atoms with Crippen LogP contribution in [-0.4, -0.2) is 20.9 Å². The van der Waals surface area contributed by atoms with Crippen molar-refractivity contribution < 1.29 is 4.42 Å². The predicted molar refractivity (Wildman–Crippen MR) is 78.6 cm³/mol. The maximum absolute atomic E-state index is 5.39. The number of nitrogens with one attached hydrogen (secondary N) is 1. The molecule has 18 heavy (non-hydrogen) atoms. The van der Waals surface area contributed by atoms with Gasteiger partial charge in [-0.15, -0.1) is 16.4 Å². The van der Waals surface area contributed by atoms with Crippen LogP contribution in [0.1, 0.15) is 31.0 Å². The molecule has 0 aliphatic rings. The Bertz CT molecular complexity index is 558. The van der Waals surface area contributed by atoms with Crippen molar-refractivity contribution in [2.45, 2.75) is 32.4 Å². The standard InChI is InChI=1S/C11H15N3OS3/c1-3-5-7-9(10-13-14-11(16)15-10)18-8(12-7)6-17-4-2/h3-6H2,1-2H3,(H,14,16). The number of rotatable bonds is 6. The van der Waals surface area contributed by atoms with E-state index in [-0.39, 0.29) is 0 Å². The highest BCUT2D eigenvalue weighted by molar-refractivity contribution is 7.98. The van der Waals surface area contributed by atoms with Crippen LogP contribution >= 0.6 is 35.3 Å². The van der Waals surface area contributed by atoms with E-state index in [0.29, 0.717) is 10.7 Å². The zero-order chi connectivity index (χ0) is 13.0. The van der Waals surface area contributed by atoms with Gasteiger partial charge in [-0.1, -0.05) is 20.3 Å². The van der Waals surface area contributed by atoms with Gasteiger partial charge in [0.2, 0.25) is 0 Å². The number of aromatic nitrogens is 3. The molecule has 1 N–H and O–H groups in total. The number of thioether (sulfide) groups is 1. The molecule has 0 unspecified atom stereocenters. The Hall–Kier alpha value is -0.660. The Balaban J connectivity index is 2.31. The van der Waals surface area contributed by atoms with E-state index in [4.69, 9.17) is 16.6 Å². The smallest absolute Gasteiger partial charge is 0.284 e. The van der Waals surface area contributed by atoms with E-state index in [1.54, 1.807) is 11.3 Å². The molecule has 2 aromatic heterocycles. The van der Waals surface area contributed by atoms with Gasteiger partial charge in [-0.25, -0.2) is 10.1 Å². The molecule has 0 spiro atoms. The van der Waals surface area contributed by atoms with Gasteiger partial charge < -0.3 is 4.42 Å². The minimum Gasteiger partial charge on any atom is -0.408 e. The summed E-state index contributed by atoms with van der Waals surface area (Å²) in [4.78, 5) is 5.99. The first-order valence-corrected chi connectivity index (χ1v) is 8.24. The van der Waals surface area contributed by atoms with Crippen LogP contribution in [0.25, 0.3) is 10.8 Å². The summed E-state index contributed by atoms with van der Waals surface area (Å²) >= 11 is 8.43. The third-order valence-corrected chi connectivity index (χ3v) is 4.62. The second-order valence-corrected chi connectivity index (χ2v) is 6.42. The Kier molecular flexibility index (Phi) is 4.96. The molecule has 7 heteroatoms. The van der Waals surface area contributed by atoms with Crippen LogP contribution in [0.2, 0.25) is 0 Å². The Morgan fingerprint density at radius 3 is 2.89 bits per heavy atom. The van der Waals surface area contributed by atoms with Crippen LogP contribution < -0.4 is 0 Å². The topological polar surface area (TPSA) is 54.7 Å². The zero-order valence-corrected chi connectivity index (χ0v) is 12.8. The highest BCUT2D eigenvalue weighted by atomic mass is 32.2. The van der Waals surface area contributed by atoms with Gasteiger partial charge in [-0.05, 0) is 24.4 Å². The highest BCUT2D eigenvalue weighted by Gasteiger charge is 2.16. The minimum absolute atomic E-state index is 0.310. The first-order valence-electron chi connectivity index (χ1n) is 5.86. The monoisotopic (exact) mass is 301 g/mol. The molecule has 2 aromatic rings. The molecule has 0 radical (unpaired) electrons. The van der Waals surface area contributed by atoms with E-state index >= 15 is 0 Å². The summed E-state index contributed by atoms with van der Waals surface area (Å²) in [5, 5.41) is 7.88. The molecule has 98 valence electrons. The zero-order valence-electron chi connectivity index (χ0n) is 10.4.